The third-order valence-corrected chi connectivity index (χ3v) is 3.65. The van der Waals surface area contributed by atoms with Crippen molar-refractivity contribution in [2.24, 2.45) is 0 Å². The summed E-state index contributed by atoms with van der Waals surface area (Å²) in [4.78, 5) is 12.7. The number of carbonyl (C=O) groups is 1. The molecular formula is C17H19B2NO2. The molecule has 0 fully saturated rings. The predicted octanol–water partition coefficient (Wildman–Crippen LogP) is 1.09. The lowest BCUT2D eigenvalue weighted by atomic mass is 9.92. The molecule has 5 heteroatoms. The Morgan fingerprint density at radius 1 is 0.955 bits per heavy atom. The monoisotopic (exact) mass is 291 g/mol. The fourth-order valence-electron chi connectivity index (χ4n) is 2.76. The number of aromatic nitrogens is 1. The molecule has 0 atom stereocenters. The maximum absolute atomic E-state index is 12.7. The van der Waals surface area contributed by atoms with Crippen molar-refractivity contribution in [1.82, 2.24) is 4.57 Å². The number of benzene rings is 2. The van der Waals surface area contributed by atoms with Gasteiger partial charge in [0.25, 0.3) is 0 Å². The van der Waals surface area contributed by atoms with Gasteiger partial charge in [-0.15, -0.1) is 0 Å². The van der Waals surface area contributed by atoms with Gasteiger partial charge in [-0.05, 0) is 32.9 Å². The fraction of sp³-hybridized carbons (Fsp3) is 0.235. The van der Waals surface area contributed by atoms with Crippen LogP contribution in [-0.2, 0) is 4.74 Å². The first kappa shape index (κ1) is 14.8. The van der Waals surface area contributed by atoms with E-state index in [0.29, 0.717) is 0 Å². The van der Waals surface area contributed by atoms with E-state index in [1.807, 2.05) is 45.0 Å². The molecule has 3 aromatic rings. The van der Waals surface area contributed by atoms with E-state index in [9.17, 15) is 4.79 Å². The van der Waals surface area contributed by atoms with Gasteiger partial charge in [-0.2, -0.15) is 0 Å². The Morgan fingerprint density at radius 3 is 1.82 bits per heavy atom. The van der Waals surface area contributed by atoms with Gasteiger partial charge in [-0.1, -0.05) is 35.2 Å². The molecule has 1 aromatic heterocycles. The Kier molecular flexibility index (Phi) is 3.31. The highest BCUT2D eigenvalue weighted by atomic mass is 16.6. The first-order valence-electron chi connectivity index (χ1n) is 7.51. The minimum Gasteiger partial charge on any atom is -0.443 e. The molecule has 0 aliphatic rings. The summed E-state index contributed by atoms with van der Waals surface area (Å²) in [6, 6.07) is 12.3. The van der Waals surface area contributed by atoms with Gasteiger partial charge in [0.05, 0.1) is 11.0 Å². The predicted molar refractivity (Wildman–Crippen MR) is 97.4 cm³/mol. The summed E-state index contributed by atoms with van der Waals surface area (Å²) >= 11 is 0. The van der Waals surface area contributed by atoms with Crippen molar-refractivity contribution in [3.05, 3.63) is 36.4 Å². The van der Waals surface area contributed by atoms with Gasteiger partial charge in [-0.25, -0.2) is 9.36 Å². The van der Waals surface area contributed by atoms with Crippen LogP contribution in [0.4, 0.5) is 4.79 Å². The molecule has 3 rings (SSSR count). The average Bonchev–Trinajstić information content (AvgIpc) is 2.70. The van der Waals surface area contributed by atoms with Crippen LogP contribution in [0, 0.1) is 0 Å². The van der Waals surface area contributed by atoms with Crippen molar-refractivity contribution in [3.63, 3.8) is 0 Å². The molecule has 0 aliphatic carbocycles. The van der Waals surface area contributed by atoms with Gasteiger partial charge >= 0.3 is 6.09 Å². The van der Waals surface area contributed by atoms with Crippen LogP contribution < -0.4 is 10.9 Å². The highest BCUT2D eigenvalue weighted by Gasteiger charge is 2.22. The molecule has 0 amide bonds. The summed E-state index contributed by atoms with van der Waals surface area (Å²) in [5, 5.41) is 2.18. The summed E-state index contributed by atoms with van der Waals surface area (Å²) in [5.41, 5.74) is 3.62. The second-order valence-electron chi connectivity index (χ2n) is 6.86. The Bertz CT molecular complexity index is 832. The van der Waals surface area contributed by atoms with E-state index in [1.165, 1.54) is 10.9 Å². The van der Waals surface area contributed by atoms with Crippen molar-refractivity contribution in [2.45, 2.75) is 26.4 Å². The van der Waals surface area contributed by atoms with Crippen molar-refractivity contribution < 1.29 is 9.53 Å². The number of hydrogen-bond donors (Lipinski definition) is 0. The Morgan fingerprint density at radius 2 is 1.41 bits per heavy atom. The molecular weight excluding hydrogens is 272 g/mol. The fourth-order valence-corrected chi connectivity index (χ4v) is 2.76. The van der Waals surface area contributed by atoms with Gasteiger partial charge < -0.3 is 4.74 Å². The molecule has 22 heavy (non-hydrogen) atoms. The third kappa shape index (κ3) is 2.52. The molecule has 0 bridgehead atoms. The van der Waals surface area contributed by atoms with E-state index in [-0.39, 0.29) is 6.09 Å². The van der Waals surface area contributed by atoms with Crippen LogP contribution in [0.1, 0.15) is 20.8 Å². The van der Waals surface area contributed by atoms with Crippen LogP contribution in [0.2, 0.25) is 0 Å². The van der Waals surface area contributed by atoms with E-state index in [1.54, 1.807) is 4.57 Å². The van der Waals surface area contributed by atoms with Crippen molar-refractivity contribution in [2.75, 3.05) is 0 Å². The lowest BCUT2D eigenvalue weighted by Gasteiger charge is -2.20. The first-order valence-corrected chi connectivity index (χ1v) is 7.51. The molecule has 0 radical (unpaired) electrons. The normalized spacial score (nSPS) is 12.0. The minimum atomic E-state index is -0.518. The van der Waals surface area contributed by atoms with Gasteiger partial charge in [0.15, 0.2) is 0 Å². The van der Waals surface area contributed by atoms with Crippen LogP contribution in [0.25, 0.3) is 21.8 Å². The van der Waals surface area contributed by atoms with E-state index in [0.717, 1.165) is 21.8 Å². The number of rotatable bonds is 0. The highest BCUT2D eigenvalue weighted by molar-refractivity contribution is 6.35. The molecule has 0 aliphatic heterocycles. The van der Waals surface area contributed by atoms with Gasteiger partial charge in [0, 0.05) is 10.8 Å². The second-order valence-corrected chi connectivity index (χ2v) is 6.86. The van der Waals surface area contributed by atoms with Crippen molar-refractivity contribution in [3.8, 4) is 0 Å². The van der Waals surface area contributed by atoms with E-state index >= 15 is 0 Å². The Balaban J connectivity index is 2.34. The summed E-state index contributed by atoms with van der Waals surface area (Å²) < 4.78 is 7.26. The summed E-state index contributed by atoms with van der Waals surface area (Å²) in [7, 11) is 4.12. The van der Waals surface area contributed by atoms with Crippen LogP contribution in [-0.4, -0.2) is 32.0 Å². The second kappa shape index (κ2) is 4.94. The zero-order valence-electron chi connectivity index (χ0n) is 13.7. The number of ether oxygens (including phenoxy) is 1. The molecule has 3 nitrogen and oxygen atoms in total. The van der Waals surface area contributed by atoms with Crippen LogP contribution in [0.5, 0.6) is 0 Å². The summed E-state index contributed by atoms with van der Waals surface area (Å²) in [6.07, 6.45) is -0.333. The quantitative estimate of drug-likeness (QED) is 0.581. The molecule has 1 heterocycles. The molecule has 0 saturated heterocycles. The number of nitrogens with zero attached hydrogens (tertiary/aromatic N) is 1. The molecule has 0 spiro atoms. The van der Waals surface area contributed by atoms with Crippen LogP contribution in [0.15, 0.2) is 36.4 Å². The number of hydrogen-bond acceptors (Lipinski definition) is 2. The van der Waals surface area contributed by atoms with Crippen molar-refractivity contribution >= 4 is 54.5 Å². The standard InChI is InChI=1S/C17H19B2NO2/c1-17(2,3)22-16(21)20-14-6-4-10(18)8-12(14)13-9-11(19)5-7-15(13)20/h4-9H,18-19H2,1-3H3. The Hall–Kier alpha value is -2.16. The third-order valence-electron chi connectivity index (χ3n) is 3.65. The summed E-state index contributed by atoms with van der Waals surface area (Å²) in [6.45, 7) is 5.65. The van der Waals surface area contributed by atoms with E-state index in [2.05, 4.69) is 27.8 Å². The molecule has 0 saturated carbocycles. The van der Waals surface area contributed by atoms with Gasteiger partial charge in [-0.3, -0.25) is 0 Å². The first-order chi connectivity index (χ1) is 10.3. The molecule has 0 N–H and O–H groups in total. The minimum absolute atomic E-state index is 0.333. The van der Waals surface area contributed by atoms with Gasteiger partial charge in [0.2, 0.25) is 0 Å². The molecule has 110 valence electrons. The number of fused-ring (bicyclic) bond motifs is 3. The molecule has 2 aromatic carbocycles. The van der Waals surface area contributed by atoms with E-state index in [4.69, 9.17) is 4.74 Å². The van der Waals surface area contributed by atoms with Crippen LogP contribution in [0.3, 0.4) is 0 Å². The maximum atomic E-state index is 12.7. The zero-order chi connectivity index (χ0) is 16.1. The lowest BCUT2D eigenvalue weighted by molar-refractivity contribution is 0.0551. The lowest BCUT2D eigenvalue weighted by Crippen LogP contribution is -2.27. The molecule has 0 unspecified atom stereocenters. The maximum Gasteiger partial charge on any atom is 0.419 e. The van der Waals surface area contributed by atoms with Crippen LogP contribution >= 0.6 is 0 Å². The van der Waals surface area contributed by atoms with Crippen molar-refractivity contribution in [1.29, 1.82) is 0 Å². The Labute approximate surface area is 132 Å². The average molecular weight is 291 g/mol. The smallest absolute Gasteiger partial charge is 0.419 e. The highest BCUT2D eigenvalue weighted by Crippen LogP contribution is 2.28. The largest absolute Gasteiger partial charge is 0.443 e. The number of carbonyl (C=O) groups excluding carboxylic acids is 1. The van der Waals surface area contributed by atoms with Gasteiger partial charge in [0.1, 0.15) is 21.3 Å². The SMILES string of the molecule is Bc1ccc2c(c1)c1cc(B)ccc1n2C(=O)OC(C)(C)C. The van der Waals surface area contributed by atoms with E-state index < -0.39 is 5.60 Å². The summed E-state index contributed by atoms with van der Waals surface area (Å²) in [5.74, 6) is 0. The topological polar surface area (TPSA) is 31.2 Å². The zero-order valence-corrected chi connectivity index (χ0v) is 13.7.